The lowest BCUT2D eigenvalue weighted by Gasteiger charge is -2.15. The van der Waals surface area contributed by atoms with Crippen molar-refractivity contribution in [1.82, 2.24) is 0 Å². The summed E-state index contributed by atoms with van der Waals surface area (Å²) in [6, 6.07) is 10.8. The Kier molecular flexibility index (Phi) is 4.90. The van der Waals surface area contributed by atoms with Gasteiger partial charge in [0.2, 0.25) is 0 Å². The number of halogens is 3. The zero-order valence-corrected chi connectivity index (χ0v) is 14.0. The molecule has 0 fully saturated rings. The van der Waals surface area contributed by atoms with Gasteiger partial charge in [0, 0.05) is 19.5 Å². The molecule has 0 saturated heterocycles. The normalized spacial score (nSPS) is 12.3. The van der Waals surface area contributed by atoms with Crippen molar-refractivity contribution < 1.29 is 9.84 Å². The number of aliphatic hydroxyl groups excluding tert-OH is 1. The van der Waals surface area contributed by atoms with Gasteiger partial charge in [-0.1, -0.05) is 55.6 Å². The minimum absolute atomic E-state index is 0.518. The van der Waals surface area contributed by atoms with Crippen LogP contribution in [0.2, 0.25) is 5.02 Å². The predicted molar refractivity (Wildman–Crippen MR) is 83.9 cm³/mol. The van der Waals surface area contributed by atoms with Gasteiger partial charge in [0.05, 0.1) is 7.11 Å². The monoisotopic (exact) mass is 404 g/mol. The quantitative estimate of drug-likeness (QED) is 0.781. The molecule has 0 amide bonds. The molecule has 0 heterocycles. The summed E-state index contributed by atoms with van der Waals surface area (Å²) in [7, 11) is 1.60. The fourth-order valence-corrected chi connectivity index (χ4v) is 3.10. The third-order valence-corrected chi connectivity index (χ3v) is 4.27. The molecule has 2 aromatic rings. The number of hydrogen-bond acceptors (Lipinski definition) is 2. The van der Waals surface area contributed by atoms with Crippen LogP contribution in [0.5, 0.6) is 5.75 Å². The summed E-state index contributed by atoms with van der Waals surface area (Å²) in [5.74, 6) is 0.727. The summed E-state index contributed by atoms with van der Waals surface area (Å²) < 4.78 is 6.78. The molecule has 0 bridgehead atoms. The lowest BCUT2D eigenvalue weighted by atomic mass is 10.0. The number of benzene rings is 2. The standard InChI is InChI=1S/C14H11Br2ClO2/c1-19-9-3-5-10(12(16)7-9)14(18)11-4-2-8(15)6-13(11)17/h2-7,14,18H,1H3. The molecule has 0 radical (unpaired) electrons. The van der Waals surface area contributed by atoms with Crippen molar-refractivity contribution in [1.29, 1.82) is 0 Å². The van der Waals surface area contributed by atoms with Gasteiger partial charge in [-0.25, -0.2) is 0 Å². The Morgan fingerprint density at radius 1 is 1.11 bits per heavy atom. The fraction of sp³-hybridized carbons (Fsp3) is 0.143. The van der Waals surface area contributed by atoms with E-state index in [1.54, 1.807) is 25.3 Å². The predicted octanol–water partition coefficient (Wildman–Crippen LogP) is 4.96. The van der Waals surface area contributed by atoms with Crippen LogP contribution in [-0.2, 0) is 0 Å². The maximum absolute atomic E-state index is 10.4. The van der Waals surface area contributed by atoms with E-state index in [2.05, 4.69) is 31.9 Å². The molecule has 2 aromatic carbocycles. The average molecular weight is 407 g/mol. The zero-order chi connectivity index (χ0) is 14.0. The Hall–Kier alpha value is -0.550. The highest BCUT2D eigenvalue weighted by Crippen LogP contribution is 2.35. The molecular formula is C14H11Br2ClO2. The average Bonchev–Trinajstić information content (AvgIpc) is 2.37. The van der Waals surface area contributed by atoms with Crippen LogP contribution in [-0.4, -0.2) is 12.2 Å². The van der Waals surface area contributed by atoms with E-state index in [4.69, 9.17) is 16.3 Å². The van der Waals surface area contributed by atoms with Gasteiger partial charge in [-0.3, -0.25) is 0 Å². The van der Waals surface area contributed by atoms with Crippen LogP contribution in [0, 0.1) is 0 Å². The molecule has 0 aliphatic carbocycles. The van der Waals surface area contributed by atoms with E-state index < -0.39 is 6.10 Å². The van der Waals surface area contributed by atoms with Crippen molar-refractivity contribution in [3.63, 3.8) is 0 Å². The first kappa shape index (κ1) is 14.9. The van der Waals surface area contributed by atoms with Crippen LogP contribution in [0.25, 0.3) is 0 Å². The molecule has 1 unspecified atom stereocenters. The number of rotatable bonds is 3. The number of methoxy groups -OCH3 is 1. The van der Waals surface area contributed by atoms with Crippen LogP contribution in [0.4, 0.5) is 0 Å². The van der Waals surface area contributed by atoms with E-state index in [9.17, 15) is 5.11 Å². The van der Waals surface area contributed by atoms with Crippen molar-refractivity contribution in [2.45, 2.75) is 6.10 Å². The molecule has 1 atom stereocenters. The van der Waals surface area contributed by atoms with Gasteiger partial charge in [-0.15, -0.1) is 0 Å². The zero-order valence-electron chi connectivity index (χ0n) is 10.0. The third-order valence-electron chi connectivity index (χ3n) is 2.76. The summed E-state index contributed by atoms with van der Waals surface area (Å²) in [6.45, 7) is 0. The Balaban J connectivity index is 2.41. The fourth-order valence-electron chi connectivity index (χ4n) is 1.75. The lowest BCUT2D eigenvalue weighted by Crippen LogP contribution is -2.02. The molecule has 0 saturated carbocycles. The van der Waals surface area contributed by atoms with Crippen LogP contribution >= 0.6 is 43.5 Å². The molecule has 1 N–H and O–H groups in total. The Morgan fingerprint density at radius 3 is 2.37 bits per heavy atom. The van der Waals surface area contributed by atoms with Gasteiger partial charge in [0.25, 0.3) is 0 Å². The van der Waals surface area contributed by atoms with E-state index in [0.29, 0.717) is 10.6 Å². The van der Waals surface area contributed by atoms with Crippen LogP contribution in [0.1, 0.15) is 17.2 Å². The van der Waals surface area contributed by atoms with E-state index in [1.807, 2.05) is 18.2 Å². The highest BCUT2D eigenvalue weighted by Gasteiger charge is 2.17. The second-order valence-corrected chi connectivity index (χ2v) is 6.13. The summed E-state index contributed by atoms with van der Waals surface area (Å²) in [5.41, 5.74) is 1.40. The Bertz CT molecular complexity index is 602. The van der Waals surface area contributed by atoms with E-state index >= 15 is 0 Å². The maximum Gasteiger partial charge on any atom is 0.120 e. The molecular weight excluding hydrogens is 395 g/mol. The largest absolute Gasteiger partial charge is 0.497 e. The van der Waals surface area contributed by atoms with Crippen molar-refractivity contribution in [3.05, 3.63) is 61.5 Å². The first-order chi connectivity index (χ1) is 9.02. The van der Waals surface area contributed by atoms with Crippen molar-refractivity contribution in [2.75, 3.05) is 7.11 Å². The van der Waals surface area contributed by atoms with Gasteiger partial charge in [0.1, 0.15) is 11.9 Å². The summed E-state index contributed by atoms with van der Waals surface area (Å²) in [5, 5.41) is 11.0. The maximum atomic E-state index is 10.4. The smallest absolute Gasteiger partial charge is 0.120 e. The summed E-state index contributed by atoms with van der Waals surface area (Å²) in [4.78, 5) is 0. The van der Waals surface area contributed by atoms with Gasteiger partial charge >= 0.3 is 0 Å². The first-order valence-electron chi connectivity index (χ1n) is 5.49. The number of hydrogen-bond donors (Lipinski definition) is 1. The van der Waals surface area contributed by atoms with Gasteiger partial charge in [0.15, 0.2) is 0 Å². The molecule has 5 heteroatoms. The number of ether oxygens (including phenoxy) is 1. The van der Waals surface area contributed by atoms with E-state index in [1.165, 1.54) is 0 Å². The SMILES string of the molecule is COc1ccc(C(O)c2ccc(Br)cc2Cl)c(Br)c1. The molecule has 0 spiro atoms. The van der Waals surface area contributed by atoms with Crippen LogP contribution in [0.3, 0.4) is 0 Å². The van der Waals surface area contributed by atoms with E-state index in [0.717, 1.165) is 20.3 Å². The van der Waals surface area contributed by atoms with Gasteiger partial charge < -0.3 is 9.84 Å². The van der Waals surface area contributed by atoms with Crippen molar-refractivity contribution >= 4 is 43.5 Å². The van der Waals surface area contributed by atoms with Gasteiger partial charge in [-0.05, 0) is 29.8 Å². The van der Waals surface area contributed by atoms with Crippen LogP contribution in [0.15, 0.2) is 45.3 Å². The van der Waals surface area contributed by atoms with Crippen molar-refractivity contribution in [2.24, 2.45) is 0 Å². The summed E-state index contributed by atoms with van der Waals surface area (Å²) in [6.07, 6.45) is -0.791. The Morgan fingerprint density at radius 2 is 1.79 bits per heavy atom. The lowest BCUT2D eigenvalue weighted by molar-refractivity contribution is 0.219. The van der Waals surface area contributed by atoms with E-state index in [-0.39, 0.29) is 0 Å². The molecule has 0 aliphatic heterocycles. The molecule has 2 nitrogen and oxygen atoms in total. The third kappa shape index (κ3) is 3.31. The molecule has 19 heavy (non-hydrogen) atoms. The molecule has 100 valence electrons. The minimum atomic E-state index is -0.791. The minimum Gasteiger partial charge on any atom is -0.497 e. The highest BCUT2D eigenvalue weighted by molar-refractivity contribution is 9.10. The second-order valence-electron chi connectivity index (χ2n) is 3.96. The Labute approximate surface area is 133 Å². The van der Waals surface area contributed by atoms with Crippen molar-refractivity contribution in [3.8, 4) is 5.75 Å². The number of aliphatic hydroxyl groups is 1. The topological polar surface area (TPSA) is 29.5 Å². The van der Waals surface area contributed by atoms with Crippen LogP contribution < -0.4 is 4.74 Å². The molecule has 0 aromatic heterocycles. The molecule has 2 rings (SSSR count). The summed E-state index contributed by atoms with van der Waals surface area (Å²) >= 11 is 12.9. The van der Waals surface area contributed by atoms with Gasteiger partial charge in [-0.2, -0.15) is 0 Å². The second kappa shape index (κ2) is 6.27. The first-order valence-corrected chi connectivity index (χ1v) is 7.45. The highest BCUT2D eigenvalue weighted by atomic mass is 79.9. The molecule has 0 aliphatic rings.